The number of nitrogens with zero attached hydrogens (tertiary/aromatic N) is 5. The van der Waals surface area contributed by atoms with Crippen LogP contribution in [0.4, 0.5) is 10.6 Å². The summed E-state index contributed by atoms with van der Waals surface area (Å²) < 4.78 is 4.98. The molecule has 2 aliphatic heterocycles. The van der Waals surface area contributed by atoms with E-state index in [1.807, 2.05) is 18.2 Å². The summed E-state index contributed by atoms with van der Waals surface area (Å²) in [5.74, 6) is 0.587. The molecule has 28 heavy (non-hydrogen) atoms. The molecule has 2 fully saturated rings. The fourth-order valence-electron chi connectivity index (χ4n) is 3.43. The average Bonchev–Trinajstić information content (AvgIpc) is 2.74. The Morgan fingerprint density at radius 1 is 0.893 bits per heavy atom. The predicted octanol–water partition coefficient (Wildman–Crippen LogP) is 0.421. The number of amides is 3. The molecule has 0 saturated carbocycles. The zero-order chi connectivity index (χ0) is 19.9. The number of rotatable bonds is 4. The topological polar surface area (TPSA) is 86.3 Å². The van der Waals surface area contributed by atoms with Crippen LogP contribution in [0, 0.1) is 0 Å². The molecule has 0 radical (unpaired) electrons. The van der Waals surface area contributed by atoms with E-state index in [2.05, 4.69) is 9.88 Å². The maximum absolute atomic E-state index is 12.5. The third kappa shape index (κ3) is 4.90. The largest absolute Gasteiger partial charge is 0.450 e. The second kappa shape index (κ2) is 9.38. The molecule has 3 rings (SSSR count). The van der Waals surface area contributed by atoms with Gasteiger partial charge in [0.1, 0.15) is 12.2 Å². The van der Waals surface area contributed by atoms with Crippen LogP contribution in [0.2, 0.25) is 0 Å². The number of aromatic nitrogens is 1. The van der Waals surface area contributed by atoms with Crippen LogP contribution in [0.25, 0.3) is 0 Å². The maximum atomic E-state index is 12.5. The molecule has 1 aromatic heterocycles. The van der Waals surface area contributed by atoms with Crippen LogP contribution in [0.15, 0.2) is 24.4 Å². The first-order valence-corrected chi connectivity index (χ1v) is 9.71. The van der Waals surface area contributed by atoms with Crippen LogP contribution in [0.5, 0.6) is 0 Å². The molecular formula is C19H27N5O4. The van der Waals surface area contributed by atoms with E-state index < -0.39 is 0 Å². The SMILES string of the molecule is CCOC(=O)N1CCN(C(=O)CC(=O)N2CCN(c3ccccn3)CC2)CC1. The maximum Gasteiger partial charge on any atom is 0.409 e. The molecule has 2 aliphatic rings. The number of pyridine rings is 1. The smallest absolute Gasteiger partial charge is 0.409 e. The minimum absolute atomic E-state index is 0.122. The van der Waals surface area contributed by atoms with E-state index >= 15 is 0 Å². The molecular weight excluding hydrogens is 362 g/mol. The van der Waals surface area contributed by atoms with Crippen molar-refractivity contribution in [3.63, 3.8) is 0 Å². The minimum atomic E-state index is -0.351. The molecule has 9 heteroatoms. The quantitative estimate of drug-likeness (QED) is 0.694. The number of anilines is 1. The summed E-state index contributed by atoms with van der Waals surface area (Å²) in [4.78, 5) is 48.2. The van der Waals surface area contributed by atoms with Gasteiger partial charge in [-0.2, -0.15) is 0 Å². The highest BCUT2D eigenvalue weighted by molar-refractivity contribution is 5.97. The summed E-state index contributed by atoms with van der Waals surface area (Å²) >= 11 is 0. The van der Waals surface area contributed by atoms with E-state index in [1.54, 1.807) is 27.8 Å². The summed E-state index contributed by atoms with van der Waals surface area (Å²) in [5, 5.41) is 0. The lowest BCUT2D eigenvalue weighted by atomic mass is 10.2. The van der Waals surface area contributed by atoms with E-state index in [0.717, 1.165) is 5.82 Å². The molecule has 0 N–H and O–H groups in total. The van der Waals surface area contributed by atoms with E-state index in [9.17, 15) is 14.4 Å². The van der Waals surface area contributed by atoms with Crippen LogP contribution in [0.1, 0.15) is 13.3 Å². The lowest BCUT2D eigenvalue weighted by molar-refractivity contribution is -0.141. The fraction of sp³-hybridized carbons (Fsp3) is 0.579. The van der Waals surface area contributed by atoms with Crippen molar-refractivity contribution in [3.05, 3.63) is 24.4 Å². The molecule has 2 saturated heterocycles. The first-order chi connectivity index (χ1) is 13.6. The highest BCUT2D eigenvalue weighted by Gasteiger charge is 2.28. The summed E-state index contributed by atoms with van der Waals surface area (Å²) in [7, 11) is 0. The second-order valence-corrected chi connectivity index (χ2v) is 6.80. The Hall–Kier alpha value is -2.84. The van der Waals surface area contributed by atoms with Crippen molar-refractivity contribution in [1.82, 2.24) is 19.7 Å². The molecule has 0 bridgehead atoms. The van der Waals surface area contributed by atoms with Crippen molar-refractivity contribution < 1.29 is 19.1 Å². The summed E-state index contributed by atoms with van der Waals surface area (Å²) in [6.07, 6.45) is 1.28. The summed E-state index contributed by atoms with van der Waals surface area (Å²) in [6.45, 7) is 6.39. The Labute approximate surface area is 164 Å². The Morgan fingerprint density at radius 2 is 1.46 bits per heavy atom. The number of ether oxygens (including phenoxy) is 1. The fourth-order valence-corrected chi connectivity index (χ4v) is 3.43. The van der Waals surface area contributed by atoms with Gasteiger partial charge in [-0.15, -0.1) is 0 Å². The van der Waals surface area contributed by atoms with Gasteiger partial charge in [-0.1, -0.05) is 6.07 Å². The van der Waals surface area contributed by atoms with E-state index in [0.29, 0.717) is 59.0 Å². The summed E-state index contributed by atoms with van der Waals surface area (Å²) in [5.41, 5.74) is 0. The minimum Gasteiger partial charge on any atom is -0.450 e. The number of carbonyl (C=O) groups is 3. The van der Waals surface area contributed by atoms with Gasteiger partial charge in [0.15, 0.2) is 0 Å². The number of hydrogen-bond donors (Lipinski definition) is 0. The zero-order valence-corrected chi connectivity index (χ0v) is 16.2. The number of hydrogen-bond acceptors (Lipinski definition) is 6. The Morgan fingerprint density at radius 3 is 2.00 bits per heavy atom. The van der Waals surface area contributed by atoms with Gasteiger partial charge in [-0.3, -0.25) is 9.59 Å². The first kappa shape index (κ1) is 19.9. The van der Waals surface area contributed by atoms with Gasteiger partial charge in [0, 0.05) is 58.6 Å². The summed E-state index contributed by atoms with van der Waals surface area (Å²) in [6, 6.07) is 5.78. The molecule has 152 valence electrons. The monoisotopic (exact) mass is 389 g/mol. The zero-order valence-electron chi connectivity index (χ0n) is 16.2. The van der Waals surface area contributed by atoms with Crippen LogP contribution in [-0.4, -0.2) is 96.6 Å². The Bertz CT molecular complexity index is 683. The highest BCUT2D eigenvalue weighted by atomic mass is 16.6. The van der Waals surface area contributed by atoms with Gasteiger partial charge >= 0.3 is 6.09 Å². The van der Waals surface area contributed by atoms with Crippen molar-refractivity contribution in [2.24, 2.45) is 0 Å². The van der Waals surface area contributed by atoms with Crippen LogP contribution in [0.3, 0.4) is 0 Å². The lowest BCUT2D eigenvalue weighted by Gasteiger charge is -2.36. The van der Waals surface area contributed by atoms with Gasteiger partial charge in [0.2, 0.25) is 11.8 Å². The highest BCUT2D eigenvalue weighted by Crippen LogP contribution is 2.14. The molecule has 3 amide bonds. The lowest BCUT2D eigenvalue weighted by Crippen LogP contribution is -2.53. The van der Waals surface area contributed by atoms with Gasteiger partial charge in [0.05, 0.1) is 6.61 Å². The second-order valence-electron chi connectivity index (χ2n) is 6.80. The average molecular weight is 389 g/mol. The van der Waals surface area contributed by atoms with Crippen molar-refractivity contribution in [3.8, 4) is 0 Å². The van der Waals surface area contributed by atoms with Crippen molar-refractivity contribution >= 4 is 23.7 Å². The number of carbonyl (C=O) groups excluding carboxylic acids is 3. The van der Waals surface area contributed by atoms with Crippen molar-refractivity contribution in [1.29, 1.82) is 0 Å². The van der Waals surface area contributed by atoms with Gasteiger partial charge in [0.25, 0.3) is 0 Å². The van der Waals surface area contributed by atoms with Crippen LogP contribution in [-0.2, 0) is 14.3 Å². The normalized spacial score (nSPS) is 17.5. The molecule has 0 aromatic carbocycles. The first-order valence-electron chi connectivity index (χ1n) is 9.71. The molecule has 0 atom stereocenters. The third-order valence-corrected chi connectivity index (χ3v) is 5.07. The van der Waals surface area contributed by atoms with Crippen molar-refractivity contribution in [2.45, 2.75) is 13.3 Å². The molecule has 1 aromatic rings. The third-order valence-electron chi connectivity index (χ3n) is 5.07. The Balaban J connectivity index is 1.42. The molecule has 3 heterocycles. The molecule has 9 nitrogen and oxygen atoms in total. The molecule has 0 aliphatic carbocycles. The van der Waals surface area contributed by atoms with Gasteiger partial charge in [-0.25, -0.2) is 9.78 Å². The predicted molar refractivity (Wildman–Crippen MR) is 103 cm³/mol. The van der Waals surface area contributed by atoms with Crippen LogP contribution >= 0.6 is 0 Å². The van der Waals surface area contributed by atoms with E-state index in [-0.39, 0.29) is 24.3 Å². The molecule has 0 unspecified atom stereocenters. The Kier molecular flexibility index (Phi) is 6.67. The standard InChI is InChI=1S/C19H27N5O4/c1-2-28-19(27)24-13-11-23(12-14-24)18(26)15-17(25)22-9-7-21(8-10-22)16-5-3-4-6-20-16/h3-6H,2,7-15H2,1H3. The van der Waals surface area contributed by atoms with Crippen molar-refractivity contribution in [2.75, 3.05) is 63.9 Å². The van der Waals surface area contributed by atoms with E-state index in [4.69, 9.17) is 4.74 Å². The van der Waals surface area contributed by atoms with Gasteiger partial charge < -0.3 is 24.3 Å². The van der Waals surface area contributed by atoms with Gasteiger partial charge in [-0.05, 0) is 19.1 Å². The van der Waals surface area contributed by atoms with Crippen LogP contribution < -0.4 is 4.90 Å². The molecule has 0 spiro atoms. The number of piperazine rings is 2. The van der Waals surface area contributed by atoms with E-state index in [1.165, 1.54) is 0 Å².